The summed E-state index contributed by atoms with van der Waals surface area (Å²) in [6.07, 6.45) is 10.1. The summed E-state index contributed by atoms with van der Waals surface area (Å²) < 4.78 is 5.32. The number of nitrogens with one attached hydrogen (secondary N) is 1. The van der Waals surface area contributed by atoms with E-state index in [-0.39, 0.29) is 11.8 Å². The minimum Gasteiger partial charge on any atom is -0.496 e. The minimum absolute atomic E-state index is 0.0514. The molecule has 32 heavy (non-hydrogen) atoms. The lowest BCUT2D eigenvalue weighted by Crippen LogP contribution is -2.51. The molecule has 1 aromatic rings. The Labute approximate surface area is 197 Å². The lowest BCUT2D eigenvalue weighted by molar-refractivity contribution is -0.134. The zero-order valence-electron chi connectivity index (χ0n) is 19.7. The maximum Gasteiger partial charge on any atom is 0.255 e. The molecule has 1 unspecified atom stereocenters. The van der Waals surface area contributed by atoms with Crippen LogP contribution in [0.25, 0.3) is 0 Å². The smallest absolute Gasteiger partial charge is 0.255 e. The molecule has 178 valence electrons. The summed E-state index contributed by atoms with van der Waals surface area (Å²) in [5.41, 5.74) is 0.466. The maximum atomic E-state index is 13.3. The summed E-state index contributed by atoms with van der Waals surface area (Å²) >= 11 is 1.69. The average molecular weight is 462 g/mol. The van der Waals surface area contributed by atoms with Gasteiger partial charge in [0, 0.05) is 19.6 Å². The molecular weight excluding hydrogens is 422 g/mol. The molecule has 2 saturated heterocycles. The standard InChI is InChI=1S/C25H39N3O3S/c1-31-23-10-6-5-9-21(23)24(29)26-22(13-18-32-2)25(30)28-16-11-20(12-17-28)19-27-14-7-3-4-8-15-27/h5-6,9-10,20,22H,3-4,7-8,11-19H2,1-2H3,(H,26,29). The molecule has 0 radical (unpaired) electrons. The Hall–Kier alpha value is -1.73. The molecular formula is C25H39N3O3S. The SMILES string of the molecule is COc1ccccc1C(=O)NC(CCSC)C(=O)N1CCC(CN2CCCCCC2)CC1. The van der Waals surface area contributed by atoms with Gasteiger partial charge in [0.05, 0.1) is 12.7 Å². The highest BCUT2D eigenvalue weighted by Crippen LogP contribution is 2.22. The van der Waals surface area contributed by atoms with E-state index >= 15 is 0 Å². The summed E-state index contributed by atoms with van der Waals surface area (Å²) in [5, 5.41) is 2.99. The van der Waals surface area contributed by atoms with Crippen LogP contribution in [0.1, 0.15) is 55.3 Å². The van der Waals surface area contributed by atoms with Crippen molar-refractivity contribution in [2.75, 3.05) is 51.8 Å². The number of likely N-dealkylation sites (tertiary alicyclic amines) is 2. The number of hydrogen-bond acceptors (Lipinski definition) is 5. The van der Waals surface area contributed by atoms with Gasteiger partial charge in [0.1, 0.15) is 11.8 Å². The number of thioether (sulfide) groups is 1. The minimum atomic E-state index is -0.498. The van der Waals surface area contributed by atoms with Crippen LogP contribution >= 0.6 is 11.8 Å². The van der Waals surface area contributed by atoms with Gasteiger partial charge in [0.2, 0.25) is 5.91 Å². The molecule has 1 atom stereocenters. The number of methoxy groups -OCH3 is 1. The van der Waals surface area contributed by atoms with E-state index in [4.69, 9.17) is 4.74 Å². The van der Waals surface area contributed by atoms with Gasteiger partial charge in [0.15, 0.2) is 0 Å². The van der Waals surface area contributed by atoms with Crippen LogP contribution in [0.5, 0.6) is 5.75 Å². The molecule has 1 N–H and O–H groups in total. The van der Waals surface area contributed by atoms with Gasteiger partial charge in [-0.15, -0.1) is 0 Å². The number of carbonyl (C=O) groups is 2. The van der Waals surface area contributed by atoms with Crippen LogP contribution in [0, 0.1) is 5.92 Å². The first kappa shape index (κ1) is 24.9. The molecule has 2 fully saturated rings. The van der Waals surface area contributed by atoms with Gasteiger partial charge in [-0.3, -0.25) is 9.59 Å². The third-order valence-corrected chi connectivity index (χ3v) is 7.35. The molecule has 2 aliphatic rings. The maximum absolute atomic E-state index is 13.3. The molecule has 3 rings (SSSR count). The first-order chi connectivity index (χ1) is 15.6. The van der Waals surface area contributed by atoms with Crippen LogP contribution in [0.4, 0.5) is 0 Å². The third-order valence-electron chi connectivity index (χ3n) is 6.71. The largest absolute Gasteiger partial charge is 0.496 e. The summed E-state index contributed by atoms with van der Waals surface area (Å²) in [7, 11) is 1.55. The molecule has 0 spiro atoms. The highest BCUT2D eigenvalue weighted by molar-refractivity contribution is 7.98. The second-order valence-electron chi connectivity index (χ2n) is 8.99. The fourth-order valence-corrected chi connectivity index (χ4v) is 5.27. The molecule has 0 saturated carbocycles. The Morgan fingerprint density at radius 2 is 1.78 bits per heavy atom. The van der Waals surface area contributed by atoms with Gasteiger partial charge in [-0.25, -0.2) is 0 Å². The quantitative estimate of drug-likeness (QED) is 0.608. The van der Waals surface area contributed by atoms with Crippen molar-refractivity contribution in [2.24, 2.45) is 5.92 Å². The summed E-state index contributed by atoms with van der Waals surface area (Å²) in [5.74, 6) is 1.82. The number of benzene rings is 1. The highest BCUT2D eigenvalue weighted by Gasteiger charge is 2.30. The first-order valence-corrected chi connectivity index (χ1v) is 13.5. The molecule has 1 aromatic carbocycles. The normalized spacial score (nSPS) is 19.2. The van der Waals surface area contributed by atoms with Gasteiger partial charge in [0.25, 0.3) is 5.91 Å². The second kappa shape index (κ2) is 13.1. The van der Waals surface area contributed by atoms with E-state index in [1.54, 1.807) is 31.0 Å². The Bertz CT molecular complexity index is 729. The average Bonchev–Trinajstić information content (AvgIpc) is 3.10. The van der Waals surface area contributed by atoms with Crippen molar-refractivity contribution in [3.05, 3.63) is 29.8 Å². The van der Waals surface area contributed by atoms with E-state index in [1.165, 1.54) is 45.3 Å². The molecule has 7 heteroatoms. The van der Waals surface area contributed by atoms with Gasteiger partial charge < -0.3 is 19.9 Å². The zero-order chi connectivity index (χ0) is 22.8. The number of nitrogens with zero attached hydrogens (tertiary/aromatic N) is 2. The van der Waals surface area contributed by atoms with E-state index in [1.807, 2.05) is 23.3 Å². The van der Waals surface area contributed by atoms with Crippen molar-refractivity contribution in [1.82, 2.24) is 15.1 Å². The van der Waals surface area contributed by atoms with Gasteiger partial charge in [-0.2, -0.15) is 11.8 Å². The fraction of sp³-hybridized carbons (Fsp3) is 0.680. The number of hydrogen-bond donors (Lipinski definition) is 1. The van der Waals surface area contributed by atoms with Crippen LogP contribution < -0.4 is 10.1 Å². The lowest BCUT2D eigenvalue weighted by atomic mass is 9.95. The summed E-state index contributed by atoms with van der Waals surface area (Å²) in [4.78, 5) is 30.8. The summed E-state index contributed by atoms with van der Waals surface area (Å²) in [6.45, 7) is 5.20. The van der Waals surface area contributed by atoms with Gasteiger partial charge in [-0.05, 0) is 75.3 Å². The van der Waals surface area contributed by atoms with Gasteiger partial charge in [-0.1, -0.05) is 25.0 Å². The van der Waals surface area contributed by atoms with Crippen molar-refractivity contribution in [2.45, 2.75) is 51.0 Å². The van der Waals surface area contributed by atoms with Crippen molar-refractivity contribution in [3.63, 3.8) is 0 Å². The van der Waals surface area contributed by atoms with Crippen LogP contribution in [-0.2, 0) is 4.79 Å². The van der Waals surface area contributed by atoms with E-state index < -0.39 is 6.04 Å². The Morgan fingerprint density at radius 3 is 2.44 bits per heavy atom. The zero-order valence-corrected chi connectivity index (χ0v) is 20.5. The monoisotopic (exact) mass is 461 g/mol. The predicted molar refractivity (Wildman–Crippen MR) is 131 cm³/mol. The molecule has 0 aromatic heterocycles. The Kier molecular flexibility index (Phi) is 10.2. The molecule has 6 nitrogen and oxygen atoms in total. The Balaban J connectivity index is 1.55. The van der Waals surface area contributed by atoms with Crippen LogP contribution in [0.15, 0.2) is 24.3 Å². The number of carbonyl (C=O) groups excluding carboxylic acids is 2. The highest BCUT2D eigenvalue weighted by atomic mass is 32.2. The van der Waals surface area contributed by atoms with Crippen molar-refractivity contribution < 1.29 is 14.3 Å². The van der Waals surface area contributed by atoms with E-state index in [2.05, 4.69) is 10.2 Å². The fourth-order valence-electron chi connectivity index (χ4n) is 4.80. The summed E-state index contributed by atoms with van der Waals surface area (Å²) in [6, 6.07) is 6.65. The van der Waals surface area contributed by atoms with Gasteiger partial charge >= 0.3 is 0 Å². The molecule has 0 aliphatic carbocycles. The molecule has 0 bridgehead atoms. The second-order valence-corrected chi connectivity index (χ2v) is 9.98. The number of amides is 2. The van der Waals surface area contributed by atoms with Crippen LogP contribution in [0.2, 0.25) is 0 Å². The molecule has 2 aliphatic heterocycles. The molecule has 2 amide bonds. The van der Waals surface area contributed by atoms with Crippen molar-refractivity contribution in [3.8, 4) is 5.75 Å². The number of para-hydroxylation sites is 1. The van der Waals surface area contributed by atoms with E-state index in [0.29, 0.717) is 23.7 Å². The predicted octanol–water partition coefficient (Wildman–Crippen LogP) is 3.66. The molecule has 2 heterocycles. The third kappa shape index (κ3) is 7.14. The van der Waals surface area contributed by atoms with E-state index in [0.717, 1.165) is 31.7 Å². The van der Waals surface area contributed by atoms with Crippen LogP contribution in [-0.4, -0.2) is 79.5 Å². The topological polar surface area (TPSA) is 61.9 Å². The van der Waals surface area contributed by atoms with Crippen molar-refractivity contribution in [1.29, 1.82) is 0 Å². The number of rotatable bonds is 9. The lowest BCUT2D eigenvalue weighted by Gasteiger charge is -2.36. The number of piperidine rings is 1. The number of ether oxygens (including phenoxy) is 1. The Morgan fingerprint density at radius 1 is 1.09 bits per heavy atom. The van der Waals surface area contributed by atoms with Crippen molar-refractivity contribution >= 4 is 23.6 Å². The van der Waals surface area contributed by atoms with E-state index in [9.17, 15) is 9.59 Å². The van der Waals surface area contributed by atoms with Crippen LogP contribution in [0.3, 0.4) is 0 Å². The first-order valence-electron chi connectivity index (χ1n) is 12.1.